The van der Waals surface area contributed by atoms with Crippen molar-refractivity contribution in [2.24, 2.45) is 0 Å². The van der Waals surface area contributed by atoms with E-state index in [9.17, 15) is 4.79 Å². The largest absolute Gasteiger partial charge is 0.453 e. The summed E-state index contributed by atoms with van der Waals surface area (Å²) in [7, 11) is 2.09. The number of hydrogen-bond acceptors (Lipinski definition) is 3. The summed E-state index contributed by atoms with van der Waals surface area (Å²) in [5, 5.41) is 0. The van der Waals surface area contributed by atoms with Crippen LogP contribution in [-0.4, -0.2) is 30.1 Å². The molecule has 1 aliphatic heterocycles. The zero-order valence-electron chi connectivity index (χ0n) is 9.58. The Bertz CT molecular complexity index is 298. The third-order valence-corrected chi connectivity index (χ3v) is 3.41. The third kappa shape index (κ3) is 1.87. The second-order valence-corrected chi connectivity index (χ2v) is 4.59. The van der Waals surface area contributed by atoms with Gasteiger partial charge in [0, 0.05) is 20.5 Å². The third-order valence-electron chi connectivity index (χ3n) is 3.41. The first-order chi connectivity index (χ1) is 7.14. The first-order valence-electron chi connectivity index (χ1n) is 5.75. The fraction of sp³-hybridized carbons (Fsp3) is 0.750. The highest BCUT2D eigenvalue weighted by Crippen LogP contribution is 2.41. The lowest BCUT2D eigenvalue weighted by Gasteiger charge is -2.45. The molecule has 1 atom stereocenters. The van der Waals surface area contributed by atoms with Gasteiger partial charge >= 0.3 is 5.97 Å². The van der Waals surface area contributed by atoms with Gasteiger partial charge in [-0.25, -0.2) is 0 Å². The number of ether oxygens (including phenoxy) is 1. The van der Waals surface area contributed by atoms with Crippen LogP contribution in [0.5, 0.6) is 0 Å². The number of rotatable bonds is 1. The molecule has 15 heavy (non-hydrogen) atoms. The molecule has 0 bridgehead atoms. The van der Waals surface area contributed by atoms with Crippen molar-refractivity contribution in [3.05, 3.63) is 11.8 Å². The summed E-state index contributed by atoms with van der Waals surface area (Å²) < 4.78 is 5.60. The monoisotopic (exact) mass is 209 g/mol. The van der Waals surface area contributed by atoms with E-state index >= 15 is 0 Å². The van der Waals surface area contributed by atoms with Gasteiger partial charge in [0.2, 0.25) is 0 Å². The molecule has 0 radical (unpaired) electrons. The van der Waals surface area contributed by atoms with Crippen molar-refractivity contribution in [2.75, 3.05) is 13.6 Å². The molecule has 0 amide bonds. The van der Waals surface area contributed by atoms with Gasteiger partial charge in [-0.15, -0.1) is 0 Å². The molecule has 0 aromatic rings. The quantitative estimate of drug-likeness (QED) is 0.619. The fourth-order valence-corrected chi connectivity index (χ4v) is 2.85. The van der Waals surface area contributed by atoms with Gasteiger partial charge in [-0.05, 0) is 32.1 Å². The number of esters is 1. The van der Waals surface area contributed by atoms with Crippen molar-refractivity contribution in [1.82, 2.24) is 4.90 Å². The molecule has 0 N–H and O–H groups in total. The summed E-state index contributed by atoms with van der Waals surface area (Å²) in [4.78, 5) is 13.4. The second-order valence-electron chi connectivity index (χ2n) is 4.59. The highest BCUT2D eigenvalue weighted by atomic mass is 16.6. The van der Waals surface area contributed by atoms with Gasteiger partial charge in [-0.1, -0.05) is 6.08 Å². The molecular weight excluding hydrogens is 190 g/mol. The molecule has 3 heteroatoms. The Kier molecular flexibility index (Phi) is 2.72. The number of carbonyl (C=O) groups is 1. The van der Waals surface area contributed by atoms with E-state index in [1.165, 1.54) is 12.6 Å². The minimum Gasteiger partial charge on any atom is -0.453 e. The van der Waals surface area contributed by atoms with Crippen LogP contribution < -0.4 is 0 Å². The Morgan fingerprint density at radius 1 is 1.47 bits per heavy atom. The Morgan fingerprint density at radius 3 is 2.93 bits per heavy atom. The molecule has 1 aliphatic carbocycles. The average Bonchev–Trinajstić information content (AvgIpc) is 2.16. The summed E-state index contributed by atoms with van der Waals surface area (Å²) in [6.45, 7) is 2.59. The Labute approximate surface area is 91.1 Å². The number of fused-ring (bicyclic) bond motifs is 1. The number of hydrogen-bond donors (Lipinski definition) is 0. The second kappa shape index (κ2) is 3.87. The van der Waals surface area contributed by atoms with Crippen LogP contribution in [0.25, 0.3) is 0 Å². The zero-order chi connectivity index (χ0) is 10.9. The molecule has 3 nitrogen and oxygen atoms in total. The molecule has 0 aromatic carbocycles. The SMILES string of the molecule is CC(=O)OC12CCCC=C1N(C)CCC2. The van der Waals surface area contributed by atoms with E-state index in [2.05, 4.69) is 18.0 Å². The minimum atomic E-state index is -0.295. The van der Waals surface area contributed by atoms with Crippen LogP contribution in [0.4, 0.5) is 0 Å². The van der Waals surface area contributed by atoms with E-state index in [1.807, 2.05) is 0 Å². The summed E-state index contributed by atoms with van der Waals surface area (Å²) >= 11 is 0. The van der Waals surface area contributed by atoms with Gasteiger partial charge in [-0.3, -0.25) is 4.79 Å². The Morgan fingerprint density at radius 2 is 2.20 bits per heavy atom. The predicted octanol–water partition coefficient (Wildman–Crippen LogP) is 2.08. The molecule has 1 unspecified atom stereocenters. The molecule has 0 saturated carbocycles. The summed E-state index contributed by atoms with van der Waals surface area (Å²) in [5.74, 6) is -0.155. The number of nitrogens with zero attached hydrogens (tertiary/aromatic N) is 1. The molecule has 1 fully saturated rings. The van der Waals surface area contributed by atoms with Crippen molar-refractivity contribution in [2.45, 2.75) is 44.6 Å². The van der Waals surface area contributed by atoms with Gasteiger partial charge in [-0.2, -0.15) is 0 Å². The minimum absolute atomic E-state index is 0.155. The van der Waals surface area contributed by atoms with E-state index in [0.717, 1.165) is 38.6 Å². The lowest BCUT2D eigenvalue weighted by molar-refractivity contribution is -0.158. The van der Waals surface area contributed by atoms with E-state index in [-0.39, 0.29) is 11.6 Å². The lowest BCUT2D eigenvalue weighted by atomic mass is 9.80. The van der Waals surface area contributed by atoms with Gasteiger partial charge in [0.15, 0.2) is 5.60 Å². The van der Waals surface area contributed by atoms with Crippen molar-refractivity contribution in [3.63, 3.8) is 0 Å². The van der Waals surface area contributed by atoms with Crippen molar-refractivity contribution in [3.8, 4) is 0 Å². The Hall–Kier alpha value is -0.990. The normalized spacial score (nSPS) is 30.5. The predicted molar refractivity (Wildman–Crippen MR) is 58.3 cm³/mol. The maximum Gasteiger partial charge on any atom is 0.303 e. The summed E-state index contributed by atoms with van der Waals surface area (Å²) in [5.41, 5.74) is 0.937. The first-order valence-corrected chi connectivity index (χ1v) is 5.75. The number of carbonyl (C=O) groups excluding carboxylic acids is 1. The van der Waals surface area contributed by atoms with Gasteiger partial charge in [0.05, 0.1) is 5.70 Å². The molecule has 1 heterocycles. The Balaban J connectivity index is 2.28. The smallest absolute Gasteiger partial charge is 0.303 e. The van der Waals surface area contributed by atoms with E-state index in [0.29, 0.717) is 0 Å². The van der Waals surface area contributed by atoms with E-state index in [4.69, 9.17) is 4.74 Å². The standard InChI is InChI=1S/C12H19NO2/c1-10(14)15-12-7-4-3-6-11(12)13(2)9-5-8-12/h6H,3-5,7-9H2,1-2H3. The van der Waals surface area contributed by atoms with Crippen molar-refractivity contribution >= 4 is 5.97 Å². The van der Waals surface area contributed by atoms with Crippen LogP contribution >= 0.6 is 0 Å². The zero-order valence-corrected chi connectivity index (χ0v) is 9.58. The maximum absolute atomic E-state index is 11.2. The summed E-state index contributed by atoms with van der Waals surface area (Å²) in [6, 6.07) is 0. The molecule has 84 valence electrons. The van der Waals surface area contributed by atoms with Gasteiger partial charge < -0.3 is 9.64 Å². The molecule has 0 spiro atoms. The van der Waals surface area contributed by atoms with E-state index in [1.54, 1.807) is 0 Å². The van der Waals surface area contributed by atoms with Crippen LogP contribution in [0.2, 0.25) is 0 Å². The average molecular weight is 209 g/mol. The van der Waals surface area contributed by atoms with Crippen LogP contribution in [0.15, 0.2) is 11.8 Å². The number of likely N-dealkylation sites (N-methyl/N-ethyl adjacent to an activating group) is 1. The van der Waals surface area contributed by atoms with Gasteiger partial charge in [0.25, 0.3) is 0 Å². The molecular formula is C12H19NO2. The van der Waals surface area contributed by atoms with Gasteiger partial charge in [0.1, 0.15) is 0 Å². The van der Waals surface area contributed by atoms with Crippen LogP contribution in [-0.2, 0) is 9.53 Å². The van der Waals surface area contributed by atoms with Crippen molar-refractivity contribution < 1.29 is 9.53 Å². The number of allylic oxidation sites excluding steroid dienone is 1. The summed E-state index contributed by atoms with van der Waals surface area (Å²) in [6.07, 6.45) is 7.57. The fourth-order valence-electron chi connectivity index (χ4n) is 2.85. The molecule has 1 saturated heterocycles. The van der Waals surface area contributed by atoms with Crippen LogP contribution in [0.1, 0.15) is 39.0 Å². The van der Waals surface area contributed by atoms with Crippen molar-refractivity contribution in [1.29, 1.82) is 0 Å². The van der Waals surface area contributed by atoms with Crippen LogP contribution in [0, 0.1) is 0 Å². The highest BCUT2D eigenvalue weighted by molar-refractivity contribution is 5.67. The number of piperidine rings is 1. The number of likely N-dealkylation sites (tertiary alicyclic amines) is 1. The lowest BCUT2D eigenvalue weighted by Crippen LogP contribution is -2.48. The molecule has 0 aromatic heterocycles. The highest BCUT2D eigenvalue weighted by Gasteiger charge is 2.42. The van der Waals surface area contributed by atoms with E-state index < -0.39 is 0 Å². The molecule has 2 aliphatic rings. The van der Waals surface area contributed by atoms with Crippen LogP contribution in [0.3, 0.4) is 0 Å². The first kappa shape index (κ1) is 10.5. The molecule has 2 rings (SSSR count). The topological polar surface area (TPSA) is 29.5 Å². The maximum atomic E-state index is 11.2.